The predicted octanol–water partition coefficient (Wildman–Crippen LogP) is 4.07. The van der Waals surface area contributed by atoms with E-state index in [-0.39, 0.29) is 12.5 Å². The van der Waals surface area contributed by atoms with Gasteiger partial charge in [-0.05, 0) is 36.8 Å². The van der Waals surface area contributed by atoms with E-state index in [4.69, 9.17) is 4.74 Å². The summed E-state index contributed by atoms with van der Waals surface area (Å²) in [6, 6.07) is 17.6. The maximum Gasteiger partial charge on any atom is 0.259 e. The van der Waals surface area contributed by atoms with Gasteiger partial charge in [0.2, 0.25) is 0 Å². The molecule has 3 rings (SSSR count). The molecule has 0 saturated heterocycles. The first-order valence-corrected chi connectivity index (χ1v) is 9.96. The molecule has 1 heterocycles. The number of benzene rings is 2. The van der Waals surface area contributed by atoms with E-state index in [1.807, 2.05) is 49.4 Å². The molecule has 0 aliphatic carbocycles. The second-order valence-corrected chi connectivity index (χ2v) is 7.88. The Bertz CT molecular complexity index is 969. The minimum absolute atomic E-state index is 0.00551. The molecule has 0 radical (unpaired) electrons. The lowest BCUT2D eigenvalue weighted by Crippen LogP contribution is -2.27. The van der Waals surface area contributed by atoms with Gasteiger partial charge >= 0.3 is 0 Å². The van der Waals surface area contributed by atoms with Crippen molar-refractivity contribution in [3.8, 4) is 5.75 Å². The highest BCUT2D eigenvalue weighted by molar-refractivity contribution is 7.15. The number of hydrogen-bond acceptors (Lipinski definition) is 6. The Hall–Kier alpha value is -3.19. The zero-order valence-corrected chi connectivity index (χ0v) is 17.5. The Balaban J connectivity index is 1.85. The van der Waals surface area contributed by atoms with Crippen LogP contribution in [-0.4, -0.2) is 42.8 Å². The van der Waals surface area contributed by atoms with E-state index >= 15 is 0 Å². The van der Waals surface area contributed by atoms with Gasteiger partial charge in [-0.1, -0.05) is 30.3 Å². The van der Waals surface area contributed by atoms with Gasteiger partial charge < -0.3 is 14.5 Å². The second-order valence-electron chi connectivity index (χ2n) is 6.70. The topological polar surface area (TPSA) is 62.7 Å². The van der Waals surface area contributed by atoms with Gasteiger partial charge in [-0.3, -0.25) is 9.59 Å². The van der Waals surface area contributed by atoms with Crippen LogP contribution >= 0.6 is 11.3 Å². The molecular formula is C22H23N3O3S. The lowest BCUT2D eigenvalue weighted by Gasteiger charge is -2.22. The minimum atomic E-state index is -0.0977. The van der Waals surface area contributed by atoms with Gasteiger partial charge in [0.15, 0.2) is 18.0 Å². The number of hydrogen-bond donors (Lipinski definition) is 0. The molecule has 0 atom stereocenters. The number of likely N-dealkylation sites (N-methyl/N-ethyl adjacent to an activating group) is 1. The van der Waals surface area contributed by atoms with Gasteiger partial charge in [-0.2, -0.15) is 0 Å². The van der Waals surface area contributed by atoms with E-state index in [0.29, 0.717) is 18.0 Å². The van der Waals surface area contributed by atoms with Gasteiger partial charge in [0, 0.05) is 24.7 Å². The van der Waals surface area contributed by atoms with Crippen molar-refractivity contribution in [3.05, 3.63) is 70.7 Å². The molecule has 1 amide bonds. The Morgan fingerprint density at radius 1 is 1.10 bits per heavy atom. The number of carbonyl (C=O) groups excluding carboxylic acids is 2. The van der Waals surface area contributed by atoms with Crippen LogP contribution in [-0.2, 0) is 11.3 Å². The number of rotatable bonds is 8. The largest absolute Gasteiger partial charge is 0.484 e. The number of aldehydes is 1. The van der Waals surface area contributed by atoms with Gasteiger partial charge in [-0.25, -0.2) is 4.98 Å². The Morgan fingerprint density at radius 3 is 2.38 bits per heavy atom. The van der Waals surface area contributed by atoms with Crippen LogP contribution in [0.2, 0.25) is 0 Å². The highest BCUT2D eigenvalue weighted by atomic mass is 32.1. The van der Waals surface area contributed by atoms with Crippen LogP contribution in [0.3, 0.4) is 0 Å². The minimum Gasteiger partial charge on any atom is -0.484 e. The molecule has 1 aromatic heterocycles. The van der Waals surface area contributed by atoms with Gasteiger partial charge in [0.1, 0.15) is 11.4 Å². The summed E-state index contributed by atoms with van der Waals surface area (Å²) in [4.78, 5) is 31.9. The summed E-state index contributed by atoms with van der Waals surface area (Å²) < 4.78 is 5.56. The molecule has 3 aromatic rings. The highest BCUT2D eigenvalue weighted by Gasteiger charge is 2.17. The number of nitrogens with zero attached hydrogens (tertiary/aromatic N) is 3. The van der Waals surface area contributed by atoms with Crippen molar-refractivity contribution in [3.63, 3.8) is 0 Å². The number of ether oxygens (including phenoxy) is 1. The van der Waals surface area contributed by atoms with Crippen molar-refractivity contribution in [2.45, 2.75) is 13.5 Å². The third kappa shape index (κ3) is 5.20. The maximum atomic E-state index is 11.7. The van der Waals surface area contributed by atoms with E-state index in [0.717, 1.165) is 27.5 Å². The molecule has 0 aliphatic heterocycles. The van der Waals surface area contributed by atoms with Crippen LogP contribution in [0, 0.1) is 6.92 Å². The average molecular weight is 410 g/mol. The third-order valence-electron chi connectivity index (χ3n) is 4.36. The molecule has 2 aromatic carbocycles. The van der Waals surface area contributed by atoms with Crippen molar-refractivity contribution in [1.29, 1.82) is 0 Å². The Kier molecular flexibility index (Phi) is 6.61. The smallest absolute Gasteiger partial charge is 0.259 e. The van der Waals surface area contributed by atoms with Crippen LogP contribution in [0.5, 0.6) is 5.75 Å². The predicted molar refractivity (Wildman–Crippen MR) is 115 cm³/mol. The summed E-state index contributed by atoms with van der Waals surface area (Å²) in [6.07, 6.45) is 0.786. The lowest BCUT2D eigenvalue weighted by molar-refractivity contribution is -0.130. The summed E-state index contributed by atoms with van der Waals surface area (Å²) in [6.45, 7) is 2.50. The summed E-state index contributed by atoms with van der Waals surface area (Å²) in [5, 5.41) is 0.755. The summed E-state index contributed by atoms with van der Waals surface area (Å²) in [5.74, 6) is 0.520. The lowest BCUT2D eigenvalue weighted by atomic mass is 10.2. The number of aryl methyl sites for hydroxylation is 1. The fourth-order valence-corrected chi connectivity index (χ4v) is 3.55. The monoisotopic (exact) mass is 409 g/mol. The number of amides is 1. The molecule has 0 fully saturated rings. The van der Waals surface area contributed by atoms with Crippen molar-refractivity contribution in [1.82, 2.24) is 9.88 Å². The number of carbonyl (C=O) groups is 2. The molecule has 0 N–H and O–H groups in total. The van der Waals surface area contributed by atoms with Crippen molar-refractivity contribution in [2.75, 3.05) is 25.6 Å². The molecule has 0 spiro atoms. The molecule has 29 heavy (non-hydrogen) atoms. The first kappa shape index (κ1) is 20.5. The van der Waals surface area contributed by atoms with Crippen molar-refractivity contribution < 1.29 is 14.3 Å². The Morgan fingerprint density at radius 2 is 1.79 bits per heavy atom. The first-order chi connectivity index (χ1) is 14.0. The molecule has 0 bridgehead atoms. The van der Waals surface area contributed by atoms with Crippen LogP contribution in [0.4, 0.5) is 10.8 Å². The van der Waals surface area contributed by atoms with Gasteiger partial charge in [0.05, 0.1) is 6.54 Å². The number of aromatic nitrogens is 1. The molecule has 0 aliphatic rings. The van der Waals surface area contributed by atoms with Gasteiger partial charge in [0.25, 0.3) is 5.91 Å². The molecular weight excluding hydrogens is 386 g/mol. The zero-order chi connectivity index (χ0) is 20.8. The van der Waals surface area contributed by atoms with Crippen LogP contribution < -0.4 is 9.64 Å². The summed E-state index contributed by atoms with van der Waals surface area (Å²) in [7, 11) is 3.39. The molecule has 150 valence electrons. The average Bonchev–Trinajstić information content (AvgIpc) is 3.11. The van der Waals surface area contributed by atoms with Crippen LogP contribution in [0.1, 0.15) is 20.9 Å². The normalized spacial score (nSPS) is 10.4. The summed E-state index contributed by atoms with van der Waals surface area (Å²) in [5.41, 5.74) is 2.52. The second kappa shape index (κ2) is 9.34. The fourth-order valence-electron chi connectivity index (χ4n) is 2.65. The van der Waals surface area contributed by atoms with E-state index in [2.05, 4.69) is 22.0 Å². The zero-order valence-electron chi connectivity index (χ0n) is 16.7. The van der Waals surface area contributed by atoms with E-state index in [1.54, 1.807) is 14.1 Å². The van der Waals surface area contributed by atoms with Crippen LogP contribution in [0.15, 0.2) is 54.6 Å². The standard InChI is InChI=1S/C22H23N3O3S/c1-16-20(14-26)23-22(29-16)25(13-17-7-5-4-6-8-17)18-9-11-19(12-10-18)28-15-21(27)24(2)3/h4-12,14H,13,15H2,1-3H3. The van der Waals surface area contributed by atoms with E-state index in [9.17, 15) is 9.59 Å². The van der Waals surface area contributed by atoms with Crippen molar-refractivity contribution >= 4 is 34.3 Å². The molecule has 6 nitrogen and oxygen atoms in total. The maximum absolute atomic E-state index is 11.7. The van der Waals surface area contributed by atoms with E-state index in [1.165, 1.54) is 16.2 Å². The van der Waals surface area contributed by atoms with E-state index < -0.39 is 0 Å². The number of anilines is 2. The number of thiazole rings is 1. The van der Waals surface area contributed by atoms with Crippen molar-refractivity contribution in [2.24, 2.45) is 0 Å². The highest BCUT2D eigenvalue weighted by Crippen LogP contribution is 2.33. The summed E-state index contributed by atoms with van der Waals surface area (Å²) >= 11 is 1.48. The quantitative estimate of drug-likeness (QED) is 0.525. The molecule has 0 unspecified atom stereocenters. The van der Waals surface area contributed by atoms with Gasteiger partial charge in [-0.15, -0.1) is 11.3 Å². The molecule has 7 heteroatoms. The Labute approximate surface area is 174 Å². The fraction of sp³-hybridized carbons (Fsp3) is 0.227. The molecule has 0 saturated carbocycles. The SMILES string of the molecule is Cc1sc(N(Cc2ccccc2)c2ccc(OCC(=O)N(C)C)cc2)nc1C=O. The third-order valence-corrected chi connectivity index (χ3v) is 5.37. The van der Waals surface area contributed by atoms with Crippen LogP contribution in [0.25, 0.3) is 0 Å². The first-order valence-electron chi connectivity index (χ1n) is 9.15.